The molecule has 0 amide bonds. The van der Waals surface area contributed by atoms with Gasteiger partial charge in [-0.15, -0.1) is 0 Å². The van der Waals surface area contributed by atoms with Gasteiger partial charge in [-0.25, -0.2) is 0 Å². The molecular formula is C6H16N2. The summed E-state index contributed by atoms with van der Waals surface area (Å²) in [7, 11) is 3.63. The molecule has 2 heteroatoms. The molecule has 0 heterocycles. The van der Waals surface area contributed by atoms with Crippen LogP contribution in [0.2, 0.25) is 0 Å². The second-order valence-electron chi connectivity index (χ2n) is 1.93. The predicted octanol–water partition coefficient (Wildman–Crippen LogP) is -0.530. The normalized spacial score (nSPS) is 9.75. The Morgan fingerprint density at radius 2 is 2.00 bits per heavy atom. The largest absolute Gasteiger partial charge is 0.479 e. The van der Waals surface area contributed by atoms with Gasteiger partial charge in [0.05, 0.1) is 6.54 Å². The smallest absolute Gasteiger partial charge is 0.0515 e. The van der Waals surface area contributed by atoms with Crippen molar-refractivity contribution in [2.24, 2.45) is 5.73 Å². The maximum Gasteiger partial charge on any atom is 0.0515 e. The van der Waals surface area contributed by atoms with Crippen LogP contribution in [-0.2, 0) is 0 Å². The lowest BCUT2D eigenvalue weighted by Crippen LogP contribution is -2.76. The van der Waals surface area contributed by atoms with Crippen molar-refractivity contribution >= 4 is 0 Å². The van der Waals surface area contributed by atoms with Crippen LogP contribution in [0.1, 0.15) is 19.3 Å². The lowest BCUT2D eigenvalue weighted by atomic mass is 10.2. The summed E-state index contributed by atoms with van der Waals surface area (Å²) >= 11 is 0. The van der Waals surface area contributed by atoms with Gasteiger partial charge in [-0.2, -0.15) is 7.05 Å². The molecule has 8 heavy (non-hydrogen) atoms. The SMILES string of the molecule is [CH2-][NH2+]CCCCCN. The highest BCUT2D eigenvalue weighted by Crippen LogP contribution is 1.88. The van der Waals surface area contributed by atoms with Crippen LogP contribution in [0.15, 0.2) is 0 Å². The van der Waals surface area contributed by atoms with E-state index >= 15 is 0 Å². The molecule has 4 N–H and O–H groups in total. The van der Waals surface area contributed by atoms with E-state index in [1.165, 1.54) is 12.8 Å². The maximum absolute atomic E-state index is 5.28. The van der Waals surface area contributed by atoms with Crippen LogP contribution in [0.5, 0.6) is 0 Å². The standard InChI is InChI=1S/C6H16N2/c1-8-6-4-2-3-5-7/h1-8H2. The predicted molar refractivity (Wildman–Crippen MR) is 35.1 cm³/mol. The van der Waals surface area contributed by atoms with E-state index in [-0.39, 0.29) is 0 Å². The van der Waals surface area contributed by atoms with Gasteiger partial charge in [-0.3, -0.25) is 0 Å². The van der Waals surface area contributed by atoms with Crippen LogP contribution >= 0.6 is 0 Å². The van der Waals surface area contributed by atoms with Crippen LogP contribution < -0.4 is 11.1 Å². The van der Waals surface area contributed by atoms with Crippen molar-refractivity contribution in [2.45, 2.75) is 19.3 Å². The second-order valence-corrected chi connectivity index (χ2v) is 1.93. The van der Waals surface area contributed by atoms with Gasteiger partial charge in [0.2, 0.25) is 0 Å². The van der Waals surface area contributed by atoms with Gasteiger partial charge < -0.3 is 11.1 Å². The summed E-state index contributed by atoms with van der Waals surface area (Å²) in [5.41, 5.74) is 5.28. The van der Waals surface area contributed by atoms with Gasteiger partial charge in [0.1, 0.15) is 0 Å². The molecule has 0 aromatic rings. The van der Waals surface area contributed by atoms with Crippen LogP contribution in [0.25, 0.3) is 0 Å². The van der Waals surface area contributed by atoms with Crippen molar-refractivity contribution in [1.82, 2.24) is 0 Å². The Morgan fingerprint density at radius 1 is 1.25 bits per heavy atom. The summed E-state index contributed by atoms with van der Waals surface area (Å²) in [5.74, 6) is 0. The van der Waals surface area contributed by atoms with E-state index in [1.807, 2.05) is 5.32 Å². The Kier molecular flexibility index (Phi) is 6.85. The average Bonchev–Trinajstić information content (AvgIpc) is 1.81. The molecule has 0 bridgehead atoms. The van der Waals surface area contributed by atoms with E-state index in [4.69, 9.17) is 5.73 Å². The number of rotatable bonds is 5. The highest BCUT2D eigenvalue weighted by molar-refractivity contribution is 4.38. The van der Waals surface area contributed by atoms with Crippen molar-refractivity contribution in [2.75, 3.05) is 13.1 Å². The summed E-state index contributed by atoms with van der Waals surface area (Å²) in [5, 5.41) is 1.95. The molecule has 2 nitrogen and oxygen atoms in total. The number of nitrogens with two attached hydrogens (primary N) is 2. The lowest BCUT2D eigenvalue weighted by Gasteiger charge is -1.97. The van der Waals surface area contributed by atoms with Gasteiger partial charge in [-0.05, 0) is 25.8 Å². The Morgan fingerprint density at radius 3 is 2.50 bits per heavy atom. The third-order valence-corrected chi connectivity index (χ3v) is 1.11. The van der Waals surface area contributed by atoms with E-state index in [0.29, 0.717) is 0 Å². The Bertz CT molecular complexity index is 31.5. The molecule has 0 aliphatic carbocycles. The quantitative estimate of drug-likeness (QED) is 0.368. The van der Waals surface area contributed by atoms with Gasteiger partial charge in [0.15, 0.2) is 0 Å². The molecule has 0 atom stereocenters. The summed E-state index contributed by atoms with van der Waals surface area (Å²) < 4.78 is 0. The van der Waals surface area contributed by atoms with Crippen molar-refractivity contribution in [3.8, 4) is 0 Å². The third-order valence-electron chi connectivity index (χ3n) is 1.11. The minimum absolute atomic E-state index is 0.830. The van der Waals surface area contributed by atoms with Crippen LogP contribution in [0.3, 0.4) is 0 Å². The van der Waals surface area contributed by atoms with E-state index in [0.717, 1.165) is 19.5 Å². The average molecular weight is 116 g/mol. The third kappa shape index (κ3) is 5.92. The summed E-state index contributed by atoms with van der Waals surface area (Å²) in [6.07, 6.45) is 3.66. The van der Waals surface area contributed by atoms with Gasteiger partial charge in [0, 0.05) is 0 Å². The zero-order chi connectivity index (χ0) is 6.24. The van der Waals surface area contributed by atoms with Crippen molar-refractivity contribution in [1.29, 1.82) is 0 Å². The lowest BCUT2D eigenvalue weighted by molar-refractivity contribution is -0.595. The number of quaternary nitrogens is 1. The molecule has 50 valence electrons. The molecule has 0 spiro atoms. The fourth-order valence-electron chi connectivity index (χ4n) is 0.610. The van der Waals surface area contributed by atoms with Crippen molar-refractivity contribution in [3.05, 3.63) is 7.05 Å². The van der Waals surface area contributed by atoms with Crippen LogP contribution in [0.4, 0.5) is 0 Å². The van der Waals surface area contributed by atoms with Crippen LogP contribution in [-0.4, -0.2) is 13.1 Å². The number of unbranched alkanes of at least 4 members (excludes halogenated alkanes) is 2. The van der Waals surface area contributed by atoms with Crippen LogP contribution in [0, 0.1) is 7.05 Å². The zero-order valence-corrected chi connectivity index (χ0v) is 5.40. The van der Waals surface area contributed by atoms with Crippen molar-refractivity contribution in [3.63, 3.8) is 0 Å². The molecule has 0 fully saturated rings. The minimum Gasteiger partial charge on any atom is -0.479 e. The molecule has 0 aromatic heterocycles. The van der Waals surface area contributed by atoms with E-state index in [2.05, 4.69) is 7.05 Å². The fraction of sp³-hybridized carbons (Fsp3) is 0.833. The molecule has 0 saturated heterocycles. The van der Waals surface area contributed by atoms with E-state index < -0.39 is 0 Å². The first-order chi connectivity index (χ1) is 3.91. The topological polar surface area (TPSA) is 42.6 Å². The second kappa shape index (κ2) is 6.92. The number of hydrogen-bond donors (Lipinski definition) is 2. The molecule has 0 saturated carbocycles. The first-order valence-corrected chi connectivity index (χ1v) is 3.22. The van der Waals surface area contributed by atoms with Gasteiger partial charge >= 0.3 is 0 Å². The molecule has 0 radical (unpaired) electrons. The van der Waals surface area contributed by atoms with E-state index in [9.17, 15) is 0 Å². The monoisotopic (exact) mass is 116 g/mol. The minimum atomic E-state index is 0.830. The highest BCUT2D eigenvalue weighted by Gasteiger charge is 1.83. The molecule has 0 unspecified atom stereocenters. The summed E-state index contributed by atoms with van der Waals surface area (Å²) in [6.45, 7) is 1.97. The number of hydrogen-bond acceptors (Lipinski definition) is 1. The molecular weight excluding hydrogens is 100 g/mol. The molecule has 0 aliphatic heterocycles. The fourth-order valence-corrected chi connectivity index (χ4v) is 0.610. The summed E-state index contributed by atoms with van der Waals surface area (Å²) in [6, 6.07) is 0. The van der Waals surface area contributed by atoms with Gasteiger partial charge in [0.25, 0.3) is 0 Å². The Hall–Kier alpha value is -0.0800. The summed E-state index contributed by atoms with van der Waals surface area (Å²) in [4.78, 5) is 0. The Balaban J connectivity index is 2.53. The van der Waals surface area contributed by atoms with E-state index in [1.54, 1.807) is 0 Å². The molecule has 0 rings (SSSR count). The van der Waals surface area contributed by atoms with Gasteiger partial charge in [-0.1, -0.05) is 0 Å². The van der Waals surface area contributed by atoms with Crippen molar-refractivity contribution < 1.29 is 5.32 Å². The maximum atomic E-state index is 5.28. The zero-order valence-electron chi connectivity index (χ0n) is 5.40. The first-order valence-electron chi connectivity index (χ1n) is 3.22. The first kappa shape index (κ1) is 7.92. The Labute approximate surface area is 51.5 Å². The molecule has 0 aliphatic rings. The highest BCUT2D eigenvalue weighted by atomic mass is 14.8. The molecule has 0 aromatic carbocycles.